The van der Waals surface area contributed by atoms with E-state index in [-0.39, 0.29) is 0 Å². The maximum Gasteiger partial charge on any atom is 0.178 e. The van der Waals surface area contributed by atoms with Gasteiger partial charge in [-0.05, 0) is 109 Å². The Morgan fingerprint density at radius 2 is 0.712 bits per heavy atom. The molecule has 0 amide bonds. The predicted octanol–water partition coefficient (Wildman–Crippen LogP) is 17.0. The van der Waals surface area contributed by atoms with E-state index in [1.165, 1.54) is 55.6 Å². The van der Waals surface area contributed by atoms with Crippen LogP contribution >= 0.6 is 0 Å². The van der Waals surface area contributed by atoms with E-state index in [0.717, 1.165) is 62.0 Å². The summed E-state index contributed by atoms with van der Waals surface area (Å²) in [5, 5.41) is 0.935. The smallest absolute Gasteiger partial charge is 0.178 e. The quantitative estimate of drug-likeness (QED) is 0.160. The number of rotatable bonds is 7. The number of benzene rings is 10. The molecule has 11 aromatic rings. The molecule has 0 saturated heterocycles. The van der Waals surface area contributed by atoms with Gasteiger partial charge in [-0.25, -0.2) is 0 Å². The third-order valence-electron chi connectivity index (χ3n) is 13.6. The van der Waals surface area contributed by atoms with Crippen LogP contribution in [0.25, 0.3) is 66.6 Å². The van der Waals surface area contributed by atoms with Gasteiger partial charge in [0.2, 0.25) is 0 Å². The average molecular weight is 844 g/mol. The van der Waals surface area contributed by atoms with Gasteiger partial charge in [0.05, 0.1) is 5.39 Å². The molecule has 1 spiro atoms. The lowest BCUT2D eigenvalue weighted by Gasteiger charge is -2.36. The Bertz CT molecular complexity index is 3440. The Hall–Kier alpha value is -8.66. The molecule has 1 aliphatic carbocycles. The lowest BCUT2D eigenvalue weighted by Crippen LogP contribution is -2.31. The maximum absolute atomic E-state index is 7.27. The van der Waals surface area contributed by atoms with Crippen molar-refractivity contribution >= 4 is 28.0 Å². The lowest BCUT2D eigenvalue weighted by molar-refractivity contribution is 0.389. The van der Waals surface area contributed by atoms with E-state index in [4.69, 9.17) is 9.15 Å². The van der Waals surface area contributed by atoms with Crippen molar-refractivity contribution in [3.8, 4) is 67.1 Å². The van der Waals surface area contributed by atoms with Gasteiger partial charge >= 0.3 is 0 Å². The molecule has 10 aromatic carbocycles. The van der Waals surface area contributed by atoms with E-state index in [2.05, 4.69) is 254 Å². The van der Waals surface area contributed by atoms with E-state index >= 15 is 0 Å². The number of furan rings is 1. The fourth-order valence-corrected chi connectivity index (χ4v) is 10.7. The molecule has 2 aliphatic rings. The number of ether oxygens (including phenoxy) is 1. The molecule has 0 atom stereocenters. The van der Waals surface area contributed by atoms with Crippen molar-refractivity contribution in [1.82, 2.24) is 0 Å². The number of nitrogens with zero attached hydrogens (tertiary/aromatic N) is 1. The summed E-state index contributed by atoms with van der Waals surface area (Å²) in [6.45, 7) is 0. The minimum Gasteiger partial charge on any atom is -0.455 e. The lowest BCUT2D eigenvalue weighted by atomic mass is 9.69. The van der Waals surface area contributed by atoms with Crippen LogP contribution in [0.3, 0.4) is 0 Å². The fraction of sp³-hybridized carbons (Fsp3) is 0.0159. The van der Waals surface area contributed by atoms with Crippen molar-refractivity contribution in [3.05, 3.63) is 271 Å². The molecule has 310 valence electrons. The zero-order valence-electron chi connectivity index (χ0n) is 35.9. The molecule has 13 rings (SSSR count). The van der Waals surface area contributed by atoms with Crippen molar-refractivity contribution in [3.63, 3.8) is 0 Å². The largest absolute Gasteiger partial charge is 0.455 e. The summed E-state index contributed by atoms with van der Waals surface area (Å²) in [6.07, 6.45) is 0. The number of hydrogen-bond donors (Lipinski definition) is 0. The molecule has 1 aromatic heterocycles. The SMILES string of the molecule is c1ccc(-c2ccccc2-c2ccc(N(c3ccc(-c4ccccc4-c4ccccc4)cc3)c3ccc4c5c(oc4c3)C3(c4ccccc4O5)c4ccccc4-c4ccccc43)cc2)cc1. The van der Waals surface area contributed by atoms with Gasteiger partial charge < -0.3 is 14.1 Å². The maximum atomic E-state index is 7.27. The van der Waals surface area contributed by atoms with Gasteiger partial charge in [-0.15, -0.1) is 0 Å². The zero-order chi connectivity index (χ0) is 43.6. The Morgan fingerprint density at radius 1 is 0.318 bits per heavy atom. The van der Waals surface area contributed by atoms with Crippen LogP contribution in [-0.4, -0.2) is 0 Å². The van der Waals surface area contributed by atoms with Gasteiger partial charge in [0.15, 0.2) is 11.5 Å². The molecule has 0 saturated carbocycles. The molecule has 0 radical (unpaired) electrons. The van der Waals surface area contributed by atoms with Crippen LogP contribution in [0.15, 0.2) is 253 Å². The van der Waals surface area contributed by atoms with Crippen LogP contribution in [0.1, 0.15) is 22.5 Å². The summed E-state index contributed by atoms with van der Waals surface area (Å²) < 4.78 is 14.2. The van der Waals surface area contributed by atoms with Crippen LogP contribution in [-0.2, 0) is 5.41 Å². The van der Waals surface area contributed by atoms with Crippen LogP contribution < -0.4 is 9.64 Å². The highest BCUT2D eigenvalue weighted by molar-refractivity contribution is 5.96. The molecule has 0 bridgehead atoms. The van der Waals surface area contributed by atoms with E-state index < -0.39 is 5.41 Å². The second-order valence-corrected chi connectivity index (χ2v) is 17.1. The number of hydrogen-bond acceptors (Lipinski definition) is 3. The van der Waals surface area contributed by atoms with Crippen LogP contribution in [0, 0.1) is 0 Å². The van der Waals surface area contributed by atoms with Crippen molar-refractivity contribution < 1.29 is 9.15 Å². The highest BCUT2D eigenvalue weighted by Gasteiger charge is 2.54. The minimum absolute atomic E-state index is 0.687. The van der Waals surface area contributed by atoms with Gasteiger partial charge in [-0.2, -0.15) is 0 Å². The summed E-state index contributed by atoms with van der Waals surface area (Å²) in [5.41, 5.74) is 18.5. The van der Waals surface area contributed by atoms with Gasteiger partial charge in [-0.3, -0.25) is 0 Å². The second kappa shape index (κ2) is 15.3. The topological polar surface area (TPSA) is 25.6 Å². The van der Waals surface area contributed by atoms with E-state index in [0.29, 0.717) is 0 Å². The second-order valence-electron chi connectivity index (χ2n) is 17.1. The standard InChI is InChI=1S/C63H41NO2/c1-3-17-42(18-4-1)49-21-7-9-23-51(49)44-31-35-46(36-32-44)64(47-37-33-45(34-38-47)52-24-10-8-22-50(52)43-19-5-2-6-20-43)48-39-40-55-60(41-48)66-62-61(55)65-59-30-16-15-29-58(59)63(62)56-27-13-11-25-53(56)54-26-12-14-28-57(54)63/h1-41H. The van der Waals surface area contributed by atoms with Crippen molar-refractivity contribution in [2.24, 2.45) is 0 Å². The molecule has 1 aliphatic heterocycles. The first-order valence-corrected chi connectivity index (χ1v) is 22.6. The van der Waals surface area contributed by atoms with E-state index in [9.17, 15) is 0 Å². The van der Waals surface area contributed by atoms with Crippen LogP contribution in [0.2, 0.25) is 0 Å². The molecule has 3 heteroatoms. The van der Waals surface area contributed by atoms with Crippen molar-refractivity contribution in [1.29, 1.82) is 0 Å². The first kappa shape index (κ1) is 37.9. The first-order chi connectivity index (χ1) is 32.7. The highest BCUT2D eigenvalue weighted by Crippen LogP contribution is 2.63. The highest BCUT2D eigenvalue weighted by atomic mass is 16.5. The van der Waals surface area contributed by atoms with Crippen LogP contribution in [0.5, 0.6) is 11.5 Å². The van der Waals surface area contributed by atoms with Crippen molar-refractivity contribution in [2.75, 3.05) is 4.90 Å². The fourth-order valence-electron chi connectivity index (χ4n) is 10.7. The molecular formula is C63H41NO2. The van der Waals surface area contributed by atoms with Crippen LogP contribution in [0.4, 0.5) is 17.1 Å². The summed E-state index contributed by atoms with van der Waals surface area (Å²) in [6, 6.07) is 88.9. The summed E-state index contributed by atoms with van der Waals surface area (Å²) in [5.74, 6) is 2.41. The van der Waals surface area contributed by atoms with E-state index in [1.807, 2.05) is 0 Å². The first-order valence-electron chi connectivity index (χ1n) is 22.6. The summed E-state index contributed by atoms with van der Waals surface area (Å²) in [4.78, 5) is 2.33. The monoisotopic (exact) mass is 843 g/mol. The molecule has 0 fully saturated rings. The number of para-hydroxylation sites is 1. The van der Waals surface area contributed by atoms with Gasteiger partial charge in [-0.1, -0.05) is 200 Å². The number of fused-ring (bicyclic) bond motifs is 11. The average Bonchev–Trinajstić information content (AvgIpc) is 3.91. The zero-order valence-corrected chi connectivity index (χ0v) is 35.9. The summed E-state index contributed by atoms with van der Waals surface area (Å²) >= 11 is 0. The Kier molecular flexibility index (Phi) is 8.75. The Labute approximate surface area is 384 Å². The minimum atomic E-state index is -0.687. The van der Waals surface area contributed by atoms with Gasteiger partial charge in [0, 0.05) is 28.7 Å². The molecule has 0 unspecified atom stereocenters. The predicted molar refractivity (Wildman–Crippen MR) is 270 cm³/mol. The van der Waals surface area contributed by atoms with Crippen molar-refractivity contribution in [2.45, 2.75) is 5.41 Å². The van der Waals surface area contributed by atoms with Gasteiger partial charge in [0.1, 0.15) is 16.7 Å². The number of anilines is 3. The third kappa shape index (κ3) is 5.84. The molecule has 66 heavy (non-hydrogen) atoms. The molecule has 2 heterocycles. The van der Waals surface area contributed by atoms with E-state index in [1.54, 1.807) is 0 Å². The molecular weight excluding hydrogens is 803 g/mol. The Balaban J connectivity index is 0.970. The molecule has 3 nitrogen and oxygen atoms in total. The summed E-state index contributed by atoms with van der Waals surface area (Å²) in [7, 11) is 0. The Morgan fingerprint density at radius 3 is 1.21 bits per heavy atom. The molecule has 0 N–H and O–H groups in total. The van der Waals surface area contributed by atoms with Gasteiger partial charge in [0.25, 0.3) is 0 Å². The normalized spacial score (nSPS) is 12.8. The third-order valence-corrected chi connectivity index (χ3v) is 13.6.